The number of carbonyl (C=O) groups excluding carboxylic acids is 2. The largest absolute Gasteiger partial charge is 0.481 e. The van der Waals surface area contributed by atoms with Crippen LogP contribution in [0.2, 0.25) is 0 Å². The average molecular weight is 529 g/mol. The monoisotopic (exact) mass is 529 g/mol. The summed E-state index contributed by atoms with van der Waals surface area (Å²) in [6.45, 7) is 0.366. The standard InChI is InChI=1S/C26H27NO11/c1-27-9-8-25-21-13-2-3-14(12-28)22(21)38-23(25)15(6-7-26(25,35)17(27)10-13)36-20(32)11-16(24(33)34)37-19(31)5-4-18(29)30/h2-6,16-17,23,28,35H,7-12H2,1H3,(H,29,30)(H,33,34)/b5-4+/t16-,17+,23?,25?,26+/m0/s1. The van der Waals surface area contributed by atoms with Crippen molar-refractivity contribution in [2.24, 2.45) is 0 Å². The van der Waals surface area contributed by atoms with Gasteiger partial charge in [0.25, 0.3) is 0 Å². The molecule has 0 amide bonds. The van der Waals surface area contributed by atoms with Crippen molar-refractivity contribution < 1.29 is 53.8 Å². The summed E-state index contributed by atoms with van der Waals surface area (Å²) in [7, 11) is 1.95. The number of likely N-dealkylation sites (N-methyl/N-ethyl adjacent to an activating group) is 1. The third-order valence-corrected chi connectivity index (χ3v) is 8.11. The highest BCUT2D eigenvalue weighted by atomic mass is 16.6. The molecule has 1 aromatic carbocycles. The van der Waals surface area contributed by atoms with Crippen LogP contribution in [0.1, 0.15) is 36.0 Å². The fraction of sp³-hybridized carbons (Fsp3) is 0.462. The highest BCUT2D eigenvalue weighted by Gasteiger charge is 2.71. The van der Waals surface area contributed by atoms with E-state index in [1.54, 1.807) is 12.1 Å². The van der Waals surface area contributed by atoms with Crippen LogP contribution in [0, 0.1) is 0 Å². The number of carboxylic acid groups (broad SMARTS) is 2. The molecular formula is C26H27NO11. The molecule has 0 aromatic heterocycles. The number of piperidine rings is 1. The molecule has 1 fully saturated rings. The van der Waals surface area contributed by atoms with Gasteiger partial charge in [0, 0.05) is 35.7 Å². The minimum absolute atomic E-state index is 0.108. The molecule has 2 bridgehead atoms. The Balaban J connectivity index is 1.43. The Morgan fingerprint density at radius 3 is 2.68 bits per heavy atom. The molecular weight excluding hydrogens is 502 g/mol. The van der Waals surface area contributed by atoms with Crippen molar-refractivity contribution in [3.05, 3.63) is 52.8 Å². The minimum atomic E-state index is -1.91. The zero-order valence-electron chi connectivity index (χ0n) is 20.5. The predicted molar refractivity (Wildman–Crippen MR) is 126 cm³/mol. The van der Waals surface area contributed by atoms with Gasteiger partial charge in [-0.15, -0.1) is 0 Å². The van der Waals surface area contributed by atoms with Crippen LogP contribution in [-0.4, -0.2) is 86.6 Å². The van der Waals surface area contributed by atoms with Gasteiger partial charge in [0.1, 0.15) is 11.5 Å². The first-order valence-corrected chi connectivity index (χ1v) is 12.1. The molecule has 12 nitrogen and oxygen atoms in total. The van der Waals surface area contributed by atoms with Gasteiger partial charge in [-0.2, -0.15) is 0 Å². The number of hydrogen-bond acceptors (Lipinski definition) is 10. The SMILES string of the molecule is CN1CCC23c4c5ccc(CO)c4OC2C(OC(=O)C[C@H](OC(=O)/C=C/C(=O)O)C(=O)O)=CC[C@@]3(O)[C@H]1C5. The minimum Gasteiger partial charge on any atom is -0.481 e. The number of nitrogens with zero attached hydrogens (tertiary/aromatic N) is 1. The molecule has 12 heteroatoms. The van der Waals surface area contributed by atoms with Crippen LogP contribution in [0.15, 0.2) is 36.1 Å². The molecule has 5 rings (SSSR count). The van der Waals surface area contributed by atoms with E-state index in [2.05, 4.69) is 4.90 Å². The van der Waals surface area contributed by atoms with E-state index in [-0.39, 0.29) is 24.8 Å². The lowest BCUT2D eigenvalue weighted by Crippen LogP contribution is -2.74. The number of aliphatic hydroxyl groups is 2. The number of rotatable bonds is 8. The lowest BCUT2D eigenvalue weighted by atomic mass is 9.50. The fourth-order valence-electron chi connectivity index (χ4n) is 6.45. The Hall–Kier alpha value is -3.74. The van der Waals surface area contributed by atoms with Crippen LogP contribution in [-0.2, 0) is 47.1 Å². The van der Waals surface area contributed by atoms with Crippen molar-refractivity contribution >= 4 is 23.9 Å². The second kappa shape index (κ2) is 9.22. The number of carboxylic acids is 2. The Labute approximate surface area is 216 Å². The lowest BCUT2D eigenvalue weighted by molar-refractivity contribution is -0.172. The number of aliphatic carboxylic acids is 2. The van der Waals surface area contributed by atoms with E-state index >= 15 is 0 Å². The fourth-order valence-corrected chi connectivity index (χ4v) is 6.45. The first kappa shape index (κ1) is 25.9. The third-order valence-electron chi connectivity index (χ3n) is 8.11. The van der Waals surface area contributed by atoms with Crippen molar-refractivity contribution in [3.63, 3.8) is 0 Å². The molecule has 38 heavy (non-hydrogen) atoms. The second-order valence-corrected chi connectivity index (χ2v) is 10.0. The topological polar surface area (TPSA) is 180 Å². The van der Waals surface area contributed by atoms with Crippen LogP contribution in [0.4, 0.5) is 0 Å². The third kappa shape index (κ3) is 3.79. The van der Waals surface area contributed by atoms with Gasteiger partial charge in [-0.3, -0.25) is 4.79 Å². The molecule has 2 aliphatic heterocycles. The maximum absolute atomic E-state index is 12.8. The van der Waals surface area contributed by atoms with E-state index in [1.807, 2.05) is 13.1 Å². The van der Waals surface area contributed by atoms with Gasteiger partial charge < -0.3 is 39.5 Å². The average Bonchev–Trinajstić information content (AvgIpc) is 3.22. The summed E-state index contributed by atoms with van der Waals surface area (Å²) in [5, 5.41) is 40.1. The summed E-state index contributed by atoms with van der Waals surface area (Å²) in [6.07, 6.45) is 0.179. The number of ether oxygens (including phenoxy) is 3. The Kier molecular flexibility index (Phi) is 6.28. The van der Waals surface area contributed by atoms with E-state index in [0.29, 0.717) is 42.9 Å². The molecule has 1 spiro atoms. The Morgan fingerprint density at radius 1 is 1.24 bits per heavy atom. The number of benzene rings is 1. The van der Waals surface area contributed by atoms with E-state index < -0.39 is 53.5 Å². The second-order valence-electron chi connectivity index (χ2n) is 10.0. The Morgan fingerprint density at radius 2 is 2.00 bits per heavy atom. The molecule has 202 valence electrons. The zero-order chi connectivity index (χ0) is 27.4. The maximum atomic E-state index is 12.8. The van der Waals surface area contributed by atoms with Gasteiger partial charge in [-0.25, -0.2) is 14.4 Å². The number of aliphatic hydroxyl groups excluding tert-OH is 1. The van der Waals surface area contributed by atoms with Crippen LogP contribution in [0.5, 0.6) is 5.75 Å². The molecule has 5 atom stereocenters. The van der Waals surface area contributed by atoms with Crippen molar-refractivity contribution in [2.75, 3.05) is 13.6 Å². The summed E-state index contributed by atoms with van der Waals surface area (Å²) in [5.74, 6) is -4.73. The van der Waals surface area contributed by atoms with Crippen LogP contribution in [0.25, 0.3) is 0 Å². The normalized spacial score (nSPS) is 29.6. The summed E-state index contributed by atoms with van der Waals surface area (Å²) in [5.41, 5.74) is 0.168. The molecule has 4 aliphatic rings. The van der Waals surface area contributed by atoms with Gasteiger partial charge in [-0.05, 0) is 38.1 Å². The molecule has 2 aliphatic carbocycles. The lowest BCUT2D eigenvalue weighted by Gasteiger charge is -2.61. The van der Waals surface area contributed by atoms with Crippen LogP contribution in [0.3, 0.4) is 0 Å². The number of hydrogen-bond donors (Lipinski definition) is 4. The highest BCUT2D eigenvalue weighted by molar-refractivity contribution is 5.92. The van der Waals surface area contributed by atoms with E-state index in [0.717, 1.165) is 11.1 Å². The van der Waals surface area contributed by atoms with Crippen molar-refractivity contribution in [1.82, 2.24) is 4.90 Å². The summed E-state index contributed by atoms with van der Waals surface area (Å²) < 4.78 is 16.6. The zero-order valence-corrected chi connectivity index (χ0v) is 20.5. The van der Waals surface area contributed by atoms with E-state index in [9.17, 15) is 34.5 Å². The number of carbonyl (C=O) groups is 4. The van der Waals surface area contributed by atoms with Crippen LogP contribution < -0.4 is 4.74 Å². The summed E-state index contributed by atoms with van der Waals surface area (Å²) in [6, 6.07) is 3.49. The predicted octanol–water partition coefficient (Wildman–Crippen LogP) is 0.0271. The summed E-state index contributed by atoms with van der Waals surface area (Å²) >= 11 is 0. The number of esters is 2. The van der Waals surface area contributed by atoms with Gasteiger partial charge in [0.15, 0.2) is 6.10 Å². The quantitative estimate of drug-likeness (QED) is 0.262. The van der Waals surface area contributed by atoms with Gasteiger partial charge in [-0.1, -0.05) is 12.1 Å². The van der Waals surface area contributed by atoms with Gasteiger partial charge >= 0.3 is 23.9 Å². The van der Waals surface area contributed by atoms with Gasteiger partial charge in [0.05, 0.1) is 24.0 Å². The first-order chi connectivity index (χ1) is 18.0. The number of likely N-dealkylation sites (tertiary alicyclic amines) is 1. The smallest absolute Gasteiger partial charge is 0.345 e. The van der Waals surface area contributed by atoms with E-state index in [4.69, 9.17) is 19.3 Å². The molecule has 2 unspecified atom stereocenters. The van der Waals surface area contributed by atoms with Crippen molar-refractivity contribution in [2.45, 2.75) is 61.6 Å². The van der Waals surface area contributed by atoms with E-state index in [1.165, 1.54) is 0 Å². The van der Waals surface area contributed by atoms with Crippen LogP contribution >= 0.6 is 0 Å². The van der Waals surface area contributed by atoms with Crippen molar-refractivity contribution in [3.8, 4) is 5.75 Å². The summed E-state index contributed by atoms with van der Waals surface area (Å²) in [4.78, 5) is 48.8. The van der Waals surface area contributed by atoms with Gasteiger partial charge in [0.2, 0.25) is 6.10 Å². The Bertz CT molecular complexity index is 1290. The molecule has 1 saturated heterocycles. The molecule has 1 aromatic rings. The molecule has 2 heterocycles. The first-order valence-electron chi connectivity index (χ1n) is 12.1. The molecule has 0 radical (unpaired) electrons. The molecule has 0 saturated carbocycles. The highest BCUT2D eigenvalue weighted by Crippen LogP contribution is 2.64. The van der Waals surface area contributed by atoms with Crippen molar-refractivity contribution in [1.29, 1.82) is 0 Å². The maximum Gasteiger partial charge on any atom is 0.345 e. The molecule has 4 N–H and O–H groups in total.